The van der Waals surface area contributed by atoms with Crippen LogP contribution in [0.4, 0.5) is 5.69 Å². The smallest absolute Gasteiger partial charge is 0.257 e. The van der Waals surface area contributed by atoms with Crippen LogP contribution in [0.25, 0.3) is 0 Å². The third-order valence-electron chi connectivity index (χ3n) is 4.43. The number of amides is 2. The maximum Gasteiger partial charge on any atom is 0.257 e. The molecule has 0 aliphatic carbocycles. The summed E-state index contributed by atoms with van der Waals surface area (Å²) in [6.45, 7) is 3.94. The van der Waals surface area contributed by atoms with Crippen molar-refractivity contribution in [1.82, 2.24) is 10.2 Å². The van der Waals surface area contributed by atoms with Crippen molar-refractivity contribution in [2.75, 3.05) is 25.0 Å². The average molecular weight is 398 g/mol. The highest BCUT2D eigenvalue weighted by Crippen LogP contribution is 2.20. The Morgan fingerprint density at radius 1 is 1.11 bits per heavy atom. The third kappa shape index (κ3) is 4.86. The summed E-state index contributed by atoms with van der Waals surface area (Å²) in [6, 6.07) is 14.1. The number of nitrogens with zero attached hydrogens (tertiary/aromatic N) is 1. The van der Waals surface area contributed by atoms with Crippen molar-refractivity contribution in [2.24, 2.45) is 0 Å². The number of carbonyl (C=O) groups is 2. The van der Waals surface area contributed by atoms with E-state index in [1.807, 2.05) is 24.0 Å². The molecule has 3 rings (SSSR count). The molecule has 2 aromatic rings. The van der Waals surface area contributed by atoms with Crippen LogP contribution in [0.5, 0.6) is 5.75 Å². The number of nitrogens with one attached hydrogen (secondary N) is 2. The largest absolute Gasteiger partial charge is 0.494 e. The number of hydrogen-bond donors (Lipinski definition) is 2. The van der Waals surface area contributed by atoms with Gasteiger partial charge in [0.25, 0.3) is 11.8 Å². The van der Waals surface area contributed by atoms with Gasteiger partial charge in [0.2, 0.25) is 0 Å². The number of thiocarbonyl (C=S) groups is 1. The van der Waals surface area contributed by atoms with Crippen LogP contribution in [-0.4, -0.2) is 41.5 Å². The first-order chi connectivity index (χ1) is 13.6. The Morgan fingerprint density at radius 2 is 1.86 bits per heavy atom. The lowest BCUT2D eigenvalue weighted by Gasteiger charge is -2.18. The molecule has 0 unspecified atom stereocenters. The molecule has 7 heteroatoms. The van der Waals surface area contributed by atoms with E-state index >= 15 is 0 Å². The minimum Gasteiger partial charge on any atom is -0.494 e. The number of para-hydroxylation sites is 1. The Bertz CT molecular complexity index is 879. The summed E-state index contributed by atoms with van der Waals surface area (Å²) in [4.78, 5) is 27.0. The quantitative estimate of drug-likeness (QED) is 0.757. The maximum absolute atomic E-state index is 12.7. The molecule has 1 saturated heterocycles. The Labute approximate surface area is 169 Å². The van der Waals surface area contributed by atoms with Crippen molar-refractivity contribution in [3.63, 3.8) is 0 Å². The second-order valence-electron chi connectivity index (χ2n) is 6.41. The molecule has 2 aromatic carbocycles. The summed E-state index contributed by atoms with van der Waals surface area (Å²) in [6.07, 6.45) is 2.05. The lowest BCUT2D eigenvalue weighted by Crippen LogP contribution is -2.35. The van der Waals surface area contributed by atoms with Crippen LogP contribution >= 0.6 is 12.2 Å². The molecule has 146 valence electrons. The molecule has 0 spiro atoms. The Balaban J connectivity index is 1.67. The first-order valence-electron chi connectivity index (χ1n) is 9.32. The van der Waals surface area contributed by atoms with E-state index in [0.29, 0.717) is 29.2 Å². The van der Waals surface area contributed by atoms with Crippen LogP contribution in [0.3, 0.4) is 0 Å². The van der Waals surface area contributed by atoms with Gasteiger partial charge in [-0.25, -0.2) is 0 Å². The first-order valence-corrected chi connectivity index (χ1v) is 9.73. The predicted octanol–water partition coefficient (Wildman–Crippen LogP) is 3.45. The molecule has 1 aliphatic heterocycles. The van der Waals surface area contributed by atoms with Gasteiger partial charge in [0.15, 0.2) is 5.11 Å². The molecule has 1 fully saturated rings. The van der Waals surface area contributed by atoms with Gasteiger partial charge in [-0.15, -0.1) is 0 Å². The van der Waals surface area contributed by atoms with E-state index in [1.54, 1.807) is 36.4 Å². The van der Waals surface area contributed by atoms with Gasteiger partial charge in [0, 0.05) is 18.7 Å². The predicted molar refractivity (Wildman–Crippen MR) is 113 cm³/mol. The summed E-state index contributed by atoms with van der Waals surface area (Å²) in [7, 11) is 0. The highest BCUT2D eigenvalue weighted by atomic mass is 32.1. The number of likely N-dealkylation sites (tertiary alicyclic amines) is 1. The topological polar surface area (TPSA) is 70.7 Å². The van der Waals surface area contributed by atoms with Gasteiger partial charge in [-0.3, -0.25) is 14.9 Å². The first kappa shape index (κ1) is 19.8. The highest BCUT2D eigenvalue weighted by molar-refractivity contribution is 7.80. The summed E-state index contributed by atoms with van der Waals surface area (Å²) in [5.41, 5.74) is 1.56. The lowest BCUT2D eigenvalue weighted by molar-refractivity contribution is 0.0793. The van der Waals surface area contributed by atoms with Gasteiger partial charge in [-0.1, -0.05) is 18.2 Å². The molecule has 0 radical (unpaired) electrons. The monoisotopic (exact) mass is 397 g/mol. The second kappa shape index (κ2) is 9.32. The average Bonchev–Trinajstić information content (AvgIpc) is 3.23. The molecule has 6 nitrogen and oxygen atoms in total. The van der Waals surface area contributed by atoms with Gasteiger partial charge >= 0.3 is 0 Å². The number of ether oxygens (including phenoxy) is 1. The SMILES string of the molecule is CCOc1cccc(C(=O)NC(=S)Nc2ccccc2C(=O)N2CCCC2)c1. The molecule has 0 bridgehead atoms. The van der Waals surface area contributed by atoms with E-state index in [9.17, 15) is 9.59 Å². The Kier molecular flexibility index (Phi) is 6.60. The zero-order chi connectivity index (χ0) is 19.9. The van der Waals surface area contributed by atoms with Crippen LogP contribution in [-0.2, 0) is 0 Å². The zero-order valence-corrected chi connectivity index (χ0v) is 16.6. The molecular formula is C21H23N3O3S. The fourth-order valence-electron chi connectivity index (χ4n) is 3.09. The van der Waals surface area contributed by atoms with E-state index in [1.165, 1.54) is 0 Å². The van der Waals surface area contributed by atoms with Crippen molar-refractivity contribution in [1.29, 1.82) is 0 Å². The van der Waals surface area contributed by atoms with Crippen molar-refractivity contribution in [3.05, 3.63) is 59.7 Å². The van der Waals surface area contributed by atoms with E-state index < -0.39 is 0 Å². The van der Waals surface area contributed by atoms with Crippen LogP contribution in [0.1, 0.15) is 40.5 Å². The van der Waals surface area contributed by atoms with Crippen molar-refractivity contribution < 1.29 is 14.3 Å². The summed E-state index contributed by atoms with van der Waals surface area (Å²) >= 11 is 5.28. The fraction of sp³-hybridized carbons (Fsp3) is 0.286. The standard InChI is InChI=1S/C21H23N3O3S/c1-2-27-16-9-7-8-15(14-16)19(25)23-21(28)22-18-11-4-3-10-17(18)20(26)24-12-5-6-13-24/h3-4,7-11,14H,2,5-6,12-13H2,1H3,(H2,22,23,25,28). The third-order valence-corrected chi connectivity index (χ3v) is 4.64. The zero-order valence-electron chi connectivity index (χ0n) is 15.7. The highest BCUT2D eigenvalue weighted by Gasteiger charge is 2.22. The number of carbonyl (C=O) groups excluding carboxylic acids is 2. The number of anilines is 1. The van der Waals surface area contributed by atoms with E-state index in [-0.39, 0.29) is 16.9 Å². The van der Waals surface area contributed by atoms with E-state index in [0.717, 1.165) is 25.9 Å². The maximum atomic E-state index is 12.7. The summed E-state index contributed by atoms with van der Waals surface area (Å²) in [5.74, 6) is 0.247. The van der Waals surface area contributed by atoms with Gasteiger partial charge in [0.1, 0.15) is 5.75 Å². The van der Waals surface area contributed by atoms with E-state index in [2.05, 4.69) is 10.6 Å². The molecule has 0 saturated carbocycles. The van der Waals surface area contributed by atoms with Crippen LogP contribution in [0.15, 0.2) is 48.5 Å². The van der Waals surface area contributed by atoms with Gasteiger partial charge in [0.05, 0.1) is 17.9 Å². The minimum atomic E-state index is -0.345. The van der Waals surface area contributed by atoms with Gasteiger partial charge in [-0.05, 0) is 62.3 Å². The lowest BCUT2D eigenvalue weighted by atomic mass is 10.1. The summed E-state index contributed by atoms with van der Waals surface area (Å²) < 4.78 is 5.42. The Hall–Kier alpha value is -2.93. The minimum absolute atomic E-state index is 0.0286. The molecule has 2 amide bonds. The molecular weight excluding hydrogens is 374 g/mol. The molecule has 2 N–H and O–H groups in total. The number of hydrogen-bond acceptors (Lipinski definition) is 4. The normalized spacial score (nSPS) is 13.1. The molecule has 0 atom stereocenters. The van der Waals surface area contributed by atoms with Crippen molar-refractivity contribution in [2.45, 2.75) is 19.8 Å². The summed E-state index contributed by atoms with van der Waals surface area (Å²) in [5, 5.41) is 5.76. The van der Waals surface area contributed by atoms with E-state index in [4.69, 9.17) is 17.0 Å². The number of benzene rings is 2. The van der Waals surface area contributed by atoms with Crippen LogP contribution < -0.4 is 15.4 Å². The molecule has 28 heavy (non-hydrogen) atoms. The molecule has 0 aromatic heterocycles. The van der Waals surface area contributed by atoms with Crippen LogP contribution in [0.2, 0.25) is 0 Å². The fourth-order valence-corrected chi connectivity index (χ4v) is 3.29. The molecule has 1 heterocycles. The van der Waals surface area contributed by atoms with Crippen molar-refractivity contribution >= 4 is 34.8 Å². The van der Waals surface area contributed by atoms with Gasteiger partial charge in [-0.2, -0.15) is 0 Å². The molecule has 1 aliphatic rings. The second-order valence-corrected chi connectivity index (χ2v) is 6.82. The van der Waals surface area contributed by atoms with Gasteiger partial charge < -0.3 is 15.0 Å². The van der Waals surface area contributed by atoms with Crippen LogP contribution in [0, 0.1) is 0 Å². The van der Waals surface area contributed by atoms with Crippen molar-refractivity contribution in [3.8, 4) is 5.75 Å². The Morgan fingerprint density at radius 3 is 2.61 bits per heavy atom. The number of rotatable bonds is 5.